The topological polar surface area (TPSA) is 30.7 Å². The van der Waals surface area contributed by atoms with E-state index in [2.05, 4.69) is 55.0 Å². The molecule has 0 saturated heterocycles. The van der Waals surface area contributed by atoms with E-state index in [1.807, 2.05) is 22.9 Å². The van der Waals surface area contributed by atoms with Crippen molar-refractivity contribution in [2.75, 3.05) is 0 Å². The van der Waals surface area contributed by atoms with Crippen LogP contribution < -0.4 is 0 Å². The third-order valence-electron chi connectivity index (χ3n) is 3.81. The maximum atomic E-state index is 4.28. The van der Waals surface area contributed by atoms with Crippen LogP contribution in [0.2, 0.25) is 0 Å². The molecule has 3 rings (SSSR count). The summed E-state index contributed by atoms with van der Waals surface area (Å²) < 4.78 is 1.95. The first-order valence-corrected chi connectivity index (χ1v) is 7.25. The molecule has 0 aliphatic carbocycles. The van der Waals surface area contributed by atoms with Gasteiger partial charge in [0, 0.05) is 0 Å². The molecule has 2 aromatic carbocycles. The minimum absolute atomic E-state index is 0.717. The lowest BCUT2D eigenvalue weighted by atomic mass is 9.97. The molecule has 0 saturated carbocycles. The molecule has 3 nitrogen and oxygen atoms in total. The molecule has 3 aromatic rings. The van der Waals surface area contributed by atoms with E-state index in [4.69, 9.17) is 0 Å². The molecule has 3 heteroatoms. The van der Waals surface area contributed by atoms with Crippen LogP contribution in [0.3, 0.4) is 0 Å². The summed E-state index contributed by atoms with van der Waals surface area (Å²) in [5.74, 6) is 0. The van der Waals surface area contributed by atoms with E-state index in [0.717, 1.165) is 29.6 Å². The average molecular weight is 277 g/mol. The summed E-state index contributed by atoms with van der Waals surface area (Å²) in [6.07, 6.45) is 0.953. The Bertz CT molecular complexity index is 799. The number of hydrogen-bond donors (Lipinski definition) is 0. The zero-order chi connectivity index (χ0) is 14.8. The van der Waals surface area contributed by atoms with E-state index in [0.29, 0.717) is 0 Å². The number of aryl methyl sites for hydroxylation is 1. The van der Waals surface area contributed by atoms with Crippen molar-refractivity contribution in [2.45, 2.75) is 26.8 Å². The molecule has 0 radical (unpaired) electrons. The van der Waals surface area contributed by atoms with Gasteiger partial charge in [0.05, 0.1) is 12.1 Å². The molecule has 0 aliphatic heterocycles. The highest BCUT2D eigenvalue weighted by Crippen LogP contribution is 2.23. The van der Waals surface area contributed by atoms with Gasteiger partial charge >= 0.3 is 0 Å². The Labute approximate surface area is 124 Å². The van der Waals surface area contributed by atoms with Crippen molar-refractivity contribution in [3.8, 4) is 0 Å². The normalized spacial score (nSPS) is 11.0. The van der Waals surface area contributed by atoms with E-state index in [-0.39, 0.29) is 0 Å². The third-order valence-corrected chi connectivity index (χ3v) is 3.81. The number of benzene rings is 2. The molecule has 1 heterocycles. The maximum Gasteiger partial charge on any atom is 0.113 e. The van der Waals surface area contributed by atoms with Crippen molar-refractivity contribution >= 4 is 16.6 Å². The number of fused-ring (bicyclic) bond motifs is 1. The standard InChI is InChI=1S/C18H19N3/c1-4-14(3)16-11-13(2)9-10-15(16)12-21-18-8-6-5-7-17(18)19-20-21/h5-11H,3-4,12H2,1-2H3. The van der Waals surface area contributed by atoms with Crippen LogP contribution in [0.5, 0.6) is 0 Å². The smallest absolute Gasteiger partial charge is 0.113 e. The summed E-state index contributed by atoms with van der Waals surface area (Å²) in [6.45, 7) is 9.16. The largest absolute Gasteiger partial charge is 0.240 e. The van der Waals surface area contributed by atoms with Gasteiger partial charge in [-0.15, -0.1) is 5.10 Å². The van der Waals surface area contributed by atoms with Gasteiger partial charge in [-0.2, -0.15) is 0 Å². The lowest BCUT2D eigenvalue weighted by molar-refractivity contribution is 0.668. The third kappa shape index (κ3) is 2.59. The van der Waals surface area contributed by atoms with Crippen molar-refractivity contribution < 1.29 is 0 Å². The van der Waals surface area contributed by atoms with Crippen molar-refractivity contribution in [2.24, 2.45) is 0 Å². The van der Waals surface area contributed by atoms with Crippen LogP contribution in [-0.2, 0) is 6.54 Å². The molecule has 0 aliphatic rings. The second-order valence-electron chi connectivity index (χ2n) is 5.35. The first-order valence-electron chi connectivity index (χ1n) is 7.25. The van der Waals surface area contributed by atoms with Crippen LogP contribution in [0, 0.1) is 6.92 Å². The highest BCUT2D eigenvalue weighted by atomic mass is 15.4. The number of aromatic nitrogens is 3. The molecule has 0 amide bonds. The molecule has 0 N–H and O–H groups in total. The molecule has 21 heavy (non-hydrogen) atoms. The molecule has 0 spiro atoms. The van der Waals surface area contributed by atoms with Gasteiger partial charge in [-0.3, -0.25) is 0 Å². The van der Waals surface area contributed by atoms with E-state index < -0.39 is 0 Å². The molecule has 0 fully saturated rings. The minimum Gasteiger partial charge on any atom is -0.240 e. The molecule has 0 atom stereocenters. The van der Waals surface area contributed by atoms with Crippen molar-refractivity contribution in [1.82, 2.24) is 15.0 Å². The Hall–Kier alpha value is -2.42. The molecular weight excluding hydrogens is 258 g/mol. The summed E-state index contributed by atoms with van der Waals surface area (Å²) >= 11 is 0. The van der Waals surface area contributed by atoms with Crippen LogP contribution >= 0.6 is 0 Å². The van der Waals surface area contributed by atoms with E-state index in [9.17, 15) is 0 Å². The van der Waals surface area contributed by atoms with Crippen molar-refractivity contribution in [3.63, 3.8) is 0 Å². The van der Waals surface area contributed by atoms with Crippen molar-refractivity contribution in [1.29, 1.82) is 0 Å². The Balaban J connectivity index is 2.03. The first-order chi connectivity index (χ1) is 10.2. The fourth-order valence-corrected chi connectivity index (χ4v) is 2.54. The summed E-state index contributed by atoms with van der Waals surface area (Å²) in [7, 11) is 0. The summed E-state index contributed by atoms with van der Waals surface area (Å²) in [5.41, 5.74) is 6.89. The van der Waals surface area contributed by atoms with E-state index in [1.54, 1.807) is 0 Å². The fourth-order valence-electron chi connectivity index (χ4n) is 2.54. The molecule has 0 unspecified atom stereocenters. The number of allylic oxidation sites excluding steroid dienone is 1. The highest BCUT2D eigenvalue weighted by Gasteiger charge is 2.09. The monoisotopic (exact) mass is 277 g/mol. The van der Waals surface area contributed by atoms with Gasteiger partial charge in [0.2, 0.25) is 0 Å². The Morgan fingerprint density at radius 3 is 2.81 bits per heavy atom. The highest BCUT2D eigenvalue weighted by molar-refractivity contribution is 5.74. The summed E-state index contributed by atoms with van der Waals surface area (Å²) in [5, 5.41) is 8.49. The van der Waals surface area contributed by atoms with Gasteiger partial charge in [-0.05, 0) is 42.2 Å². The van der Waals surface area contributed by atoms with Crippen LogP contribution in [0.15, 0.2) is 49.0 Å². The van der Waals surface area contributed by atoms with Gasteiger partial charge in [-0.1, -0.05) is 54.6 Å². The second-order valence-corrected chi connectivity index (χ2v) is 5.35. The molecule has 0 bridgehead atoms. The Kier molecular flexibility index (Phi) is 3.57. The minimum atomic E-state index is 0.717. The first kappa shape index (κ1) is 13.6. The summed E-state index contributed by atoms with van der Waals surface area (Å²) in [6, 6.07) is 14.6. The zero-order valence-electron chi connectivity index (χ0n) is 12.5. The van der Waals surface area contributed by atoms with Crippen LogP contribution in [-0.4, -0.2) is 15.0 Å². The maximum absolute atomic E-state index is 4.28. The van der Waals surface area contributed by atoms with Crippen molar-refractivity contribution in [3.05, 3.63) is 65.7 Å². The van der Waals surface area contributed by atoms with Crippen LogP contribution in [0.25, 0.3) is 16.6 Å². The van der Waals surface area contributed by atoms with Gasteiger partial charge in [0.1, 0.15) is 5.52 Å². The molecule has 106 valence electrons. The van der Waals surface area contributed by atoms with Gasteiger partial charge in [0.15, 0.2) is 0 Å². The van der Waals surface area contributed by atoms with Gasteiger partial charge in [-0.25, -0.2) is 4.68 Å². The lowest BCUT2D eigenvalue weighted by Gasteiger charge is -2.12. The van der Waals surface area contributed by atoms with Gasteiger partial charge in [0.25, 0.3) is 0 Å². The zero-order valence-corrected chi connectivity index (χ0v) is 12.5. The van der Waals surface area contributed by atoms with E-state index in [1.165, 1.54) is 16.7 Å². The summed E-state index contributed by atoms with van der Waals surface area (Å²) in [4.78, 5) is 0. The van der Waals surface area contributed by atoms with Crippen LogP contribution in [0.1, 0.15) is 30.0 Å². The quantitative estimate of drug-likeness (QED) is 0.715. The van der Waals surface area contributed by atoms with Crippen LogP contribution in [0.4, 0.5) is 0 Å². The predicted molar refractivity (Wildman–Crippen MR) is 87.1 cm³/mol. The second kappa shape index (κ2) is 5.52. The molecule has 1 aromatic heterocycles. The SMILES string of the molecule is C=C(CC)c1cc(C)ccc1Cn1nnc2ccccc21. The predicted octanol–water partition coefficient (Wildman–Crippen LogP) is 4.21. The number of hydrogen-bond acceptors (Lipinski definition) is 2. The van der Waals surface area contributed by atoms with E-state index >= 15 is 0 Å². The number of nitrogens with zero attached hydrogens (tertiary/aromatic N) is 3. The number of para-hydroxylation sites is 1. The Morgan fingerprint density at radius 2 is 2.00 bits per heavy atom. The average Bonchev–Trinajstić information content (AvgIpc) is 2.91. The Morgan fingerprint density at radius 1 is 1.19 bits per heavy atom. The molecular formula is C18H19N3. The lowest BCUT2D eigenvalue weighted by Crippen LogP contribution is -2.05. The fraction of sp³-hybridized carbons (Fsp3) is 0.222. The number of rotatable bonds is 4. The van der Waals surface area contributed by atoms with Gasteiger partial charge < -0.3 is 0 Å².